The molecule has 1 N–H and O–H groups in total. The van der Waals surface area contributed by atoms with Gasteiger partial charge in [0.25, 0.3) is 0 Å². The molecule has 0 amide bonds. The van der Waals surface area contributed by atoms with Gasteiger partial charge in [-0.2, -0.15) is 0 Å². The number of nitrogens with one attached hydrogen (secondary N) is 1. The van der Waals surface area contributed by atoms with E-state index in [-0.39, 0.29) is 0 Å². The second kappa shape index (κ2) is 7.46. The van der Waals surface area contributed by atoms with Crippen molar-refractivity contribution in [3.63, 3.8) is 0 Å². The van der Waals surface area contributed by atoms with Gasteiger partial charge >= 0.3 is 0 Å². The van der Waals surface area contributed by atoms with Crippen LogP contribution in [0.25, 0.3) is 0 Å². The predicted molar refractivity (Wildman–Crippen MR) is 88.4 cm³/mol. The lowest BCUT2D eigenvalue weighted by Gasteiger charge is -2.27. The smallest absolute Gasteiger partial charge is 0.127 e. The summed E-state index contributed by atoms with van der Waals surface area (Å²) in [5, 5.41) is 3.73. The van der Waals surface area contributed by atoms with E-state index in [1.165, 1.54) is 28.4 Å². The highest BCUT2D eigenvalue weighted by atomic mass is 79.9. The summed E-state index contributed by atoms with van der Waals surface area (Å²) in [5.41, 5.74) is 2.68. The third-order valence-corrected chi connectivity index (χ3v) is 4.50. The molecular weight excluding hydrogens is 314 g/mol. The van der Waals surface area contributed by atoms with Gasteiger partial charge in [-0.15, -0.1) is 0 Å². The zero-order valence-corrected chi connectivity index (χ0v) is 14.4. The molecule has 0 spiro atoms. The SMILES string of the molecule is CCCNC(c1cc(Br)cc2c1OCC2)C(C)CCC. The van der Waals surface area contributed by atoms with Crippen molar-refractivity contribution in [2.24, 2.45) is 5.92 Å². The summed E-state index contributed by atoms with van der Waals surface area (Å²) in [6.07, 6.45) is 4.65. The van der Waals surface area contributed by atoms with Crippen LogP contribution in [0.5, 0.6) is 5.75 Å². The van der Waals surface area contributed by atoms with Crippen LogP contribution in [0.15, 0.2) is 16.6 Å². The molecule has 112 valence electrons. The van der Waals surface area contributed by atoms with Crippen LogP contribution in [0.4, 0.5) is 0 Å². The zero-order chi connectivity index (χ0) is 14.5. The Bertz CT molecular complexity index is 447. The van der Waals surface area contributed by atoms with Gasteiger partial charge in [-0.05, 0) is 43.0 Å². The number of fused-ring (bicyclic) bond motifs is 1. The van der Waals surface area contributed by atoms with E-state index in [1.807, 2.05) is 0 Å². The van der Waals surface area contributed by atoms with Crippen LogP contribution in [0, 0.1) is 5.92 Å². The molecule has 2 rings (SSSR count). The van der Waals surface area contributed by atoms with Crippen molar-refractivity contribution in [1.29, 1.82) is 0 Å². The molecule has 0 aliphatic carbocycles. The minimum absolute atomic E-state index is 0.388. The lowest BCUT2D eigenvalue weighted by Crippen LogP contribution is -2.28. The second-order valence-electron chi connectivity index (χ2n) is 5.78. The third-order valence-electron chi connectivity index (χ3n) is 4.04. The molecule has 2 unspecified atom stereocenters. The molecule has 1 aliphatic heterocycles. The molecule has 1 aliphatic rings. The molecular formula is C17H26BrNO. The molecule has 20 heavy (non-hydrogen) atoms. The zero-order valence-electron chi connectivity index (χ0n) is 12.8. The van der Waals surface area contributed by atoms with Gasteiger partial charge in [0.15, 0.2) is 0 Å². The number of hydrogen-bond acceptors (Lipinski definition) is 2. The predicted octanol–water partition coefficient (Wildman–Crippen LogP) is 4.86. The maximum Gasteiger partial charge on any atom is 0.127 e. The largest absolute Gasteiger partial charge is 0.493 e. The quantitative estimate of drug-likeness (QED) is 0.765. The van der Waals surface area contributed by atoms with Crippen molar-refractivity contribution in [3.05, 3.63) is 27.7 Å². The lowest BCUT2D eigenvalue weighted by atomic mass is 9.89. The van der Waals surface area contributed by atoms with Gasteiger partial charge in [-0.25, -0.2) is 0 Å². The molecule has 0 bridgehead atoms. The van der Waals surface area contributed by atoms with Crippen molar-refractivity contribution in [2.45, 2.75) is 52.5 Å². The maximum atomic E-state index is 5.91. The molecule has 2 atom stereocenters. The Kier molecular flexibility index (Phi) is 5.91. The summed E-state index contributed by atoms with van der Waals surface area (Å²) in [6, 6.07) is 4.83. The van der Waals surface area contributed by atoms with Crippen molar-refractivity contribution >= 4 is 15.9 Å². The fraction of sp³-hybridized carbons (Fsp3) is 0.647. The molecule has 1 heterocycles. The molecule has 1 aromatic carbocycles. The van der Waals surface area contributed by atoms with Crippen LogP contribution < -0.4 is 10.1 Å². The van der Waals surface area contributed by atoms with E-state index < -0.39 is 0 Å². The Balaban J connectivity index is 2.32. The summed E-state index contributed by atoms with van der Waals surface area (Å²) in [5.74, 6) is 1.75. The minimum Gasteiger partial charge on any atom is -0.493 e. The van der Waals surface area contributed by atoms with Crippen LogP contribution in [0.1, 0.15) is 57.2 Å². The summed E-state index contributed by atoms with van der Waals surface area (Å²) in [6.45, 7) is 8.70. The Morgan fingerprint density at radius 2 is 2.10 bits per heavy atom. The topological polar surface area (TPSA) is 21.3 Å². The van der Waals surface area contributed by atoms with Crippen molar-refractivity contribution < 1.29 is 4.74 Å². The van der Waals surface area contributed by atoms with Crippen LogP contribution in [0.2, 0.25) is 0 Å². The molecule has 0 aromatic heterocycles. The minimum atomic E-state index is 0.388. The van der Waals surface area contributed by atoms with Gasteiger partial charge < -0.3 is 10.1 Å². The molecule has 0 saturated carbocycles. The average molecular weight is 340 g/mol. The highest BCUT2D eigenvalue weighted by Crippen LogP contribution is 2.39. The first-order valence-corrected chi connectivity index (χ1v) is 8.65. The molecule has 3 heteroatoms. The first-order chi connectivity index (χ1) is 9.67. The standard InChI is InChI=1S/C17H26BrNO/c1-4-6-12(3)16(19-8-5-2)15-11-14(18)10-13-7-9-20-17(13)15/h10-12,16,19H,4-9H2,1-3H3. The van der Waals surface area contributed by atoms with E-state index in [0.29, 0.717) is 12.0 Å². The number of ether oxygens (including phenoxy) is 1. The number of benzene rings is 1. The number of hydrogen-bond donors (Lipinski definition) is 1. The van der Waals surface area contributed by atoms with Crippen LogP contribution in [-0.2, 0) is 6.42 Å². The third kappa shape index (κ3) is 3.56. The van der Waals surface area contributed by atoms with Crippen LogP contribution in [0.3, 0.4) is 0 Å². The fourth-order valence-corrected chi connectivity index (χ4v) is 3.59. The van der Waals surface area contributed by atoms with Crippen molar-refractivity contribution in [2.75, 3.05) is 13.2 Å². The molecule has 1 aromatic rings. The molecule has 2 nitrogen and oxygen atoms in total. The number of halogens is 1. The van der Waals surface area contributed by atoms with Gasteiger partial charge in [0.05, 0.1) is 6.61 Å². The van der Waals surface area contributed by atoms with Gasteiger partial charge in [-0.3, -0.25) is 0 Å². The Labute approximate surface area is 131 Å². The Morgan fingerprint density at radius 1 is 1.30 bits per heavy atom. The normalized spacial score (nSPS) is 16.6. The average Bonchev–Trinajstić information content (AvgIpc) is 2.87. The molecule has 0 fully saturated rings. The highest BCUT2D eigenvalue weighted by molar-refractivity contribution is 9.10. The second-order valence-corrected chi connectivity index (χ2v) is 6.70. The van der Waals surface area contributed by atoms with Gasteiger partial charge in [-0.1, -0.05) is 43.1 Å². The lowest BCUT2D eigenvalue weighted by molar-refractivity contribution is 0.325. The van der Waals surface area contributed by atoms with Crippen molar-refractivity contribution in [3.8, 4) is 5.75 Å². The summed E-state index contributed by atoms with van der Waals surface area (Å²) < 4.78 is 7.08. The molecule has 0 radical (unpaired) electrons. The highest BCUT2D eigenvalue weighted by Gasteiger charge is 2.26. The van der Waals surface area contributed by atoms with Gasteiger partial charge in [0, 0.05) is 22.5 Å². The fourth-order valence-electron chi connectivity index (χ4n) is 3.07. The first-order valence-electron chi connectivity index (χ1n) is 7.85. The van der Waals surface area contributed by atoms with Crippen LogP contribution >= 0.6 is 15.9 Å². The maximum absolute atomic E-state index is 5.91. The van der Waals surface area contributed by atoms with E-state index in [2.05, 4.69) is 54.2 Å². The molecule has 0 saturated heterocycles. The Morgan fingerprint density at radius 3 is 2.80 bits per heavy atom. The van der Waals surface area contributed by atoms with Gasteiger partial charge in [0.1, 0.15) is 5.75 Å². The summed E-state index contributed by atoms with van der Waals surface area (Å²) in [4.78, 5) is 0. The van der Waals surface area contributed by atoms with E-state index in [0.717, 1.165) is 31.7 Å². The van der Waals surface area contributed by atoms with E-state index in [1.54, 1.807) is 0 Å². The van der Waals surface area contributed by atoms with E-state index in [9.17, 15) is 0 Å². The summed E-state index contributed by atoms with van der Waals surface area (Å²) >= 11 is 3.66. The van der Waals surface area contributed by atoms with E-state index in [4.69, 9.17) is 4.74 Å². The monoisotopic (exact) mass is 339 g/mol. The van der Waals surface area contributed by atoms with Crippen molar-refractivity contribution in [1.82, 2.24) is 5.32 Å². The first kappa shape index (κ1) is 15.8. The van der Waals surface area contributed by atoms with E-state index >= 15 is 0 Å². The van der Waals surface area contributed by atoms with Crippen LogP contribution in [-0.4, -0.2) is 13.2 Å². The Hall–Kier alpha value is -0.540. The summed E-state index contributed by atoms with van der Waals surface area (Å²) in [7, 11) is 0. The number of rotatable bonds is 7. The van der Waals surface area contributed by atoms with Gasteiger partial charge in [0.2, 0.25) is 0 Å².